The van der Waals surface area contributed by atoms with Gasteiger partial charge in [0.2, 0.25) is 0 Å². The van der Waals surface area contributed by atoms with Gasteiger partial charge in [0.1, 0.15) is 4.88 Å². The predicted octanol–water partition coefficient (Wildman–Crippen LogP) is 2.22. The summed E-state index contributed by atoms with van der Waals surface area (Å²) >= 11 is 1.23. The molecule has 1 rings (SSSR count). The topological polar surface area (TPSA) is 59.5 Å². The number of anilines is 1. The third kappa shape index (κ3) is 3.29. The molecule has 0 spiro atoms. The van der Waals surface area contributed by atoms with Gasteiger partial charge in [0.05, 0.1) is 7.11 Å². The normalized spacial score (nSPS) is 10.6. The third-order valence-corrected chi connectivity index (χ3v) is 3.55. The molecule has 0 aliphatic carbocycles. The highest BCUT2D eigenvalue weighted by atomic mass is 32.1. The van der Waals surface area contributed by atoms with E-state index in [0.29, 0.717) is 15.9 Å². The largest absolute Gasteiger partial charge is 0.464 e. The van der Waals surface area contributed by atoms with E-state index in [1.165, 1.54) is 25.4 Å². The number of nitrogens with zero attached hydrogens (tertiary/aromatic N) is 2. The van der Waals surface area contributed by atoms with Crippen LogP contribution in [0.1, 0.15) is 40.9 Å². The summed E-state index contributed by atoms with van der Waals surface area (Å²) in [6, 6.07) is 0. The minimum absolute atomic E-state index is 0.112. The molecule has 6 heteroatoms. The molecule has 1 aromatic heterocycles. The Bertz CT molecular complexity index is 454. The van der Waals surface area contributed by atoms with Crippen molar-refractivity contribution in [3.63, 3.8) is 0 Å². The van der Waals surface area contributed by atoms with Crippen molar-refractivity contribution in [3.8, 4) is 0 Å². The van der Waals surface area contributed by atoms with Gasteiger partial charge >= 0.3 is 5.97 Å². The number of hydrogen-bond acceptors (Lipinski definition) is 6. The van der Waals surface area contributed by atoms with Gasteiger partial charge in [-0.05, 0) is 5.92 Å². The van der Waals surface area contributed by atoms with E-state index in [4.69, 9.17) is 0 Å². The number of aromatic nitrogens is 1. The second-order valence-corrected chi connectivity index (χ2v) is 5.47. The number of hydrogen-bond donors (Lipinski definition) is 0. The van der Waals surface area contributed by atoms with Crippen molar-refractivity contribution in [3.05, 3.63) is 10.6 Å². The molecule has 18 heavy (non-hydrogen) atoms. The van der Waals surface area contributed by atoms with Crippen LogP contribution >= 0.6 is 11.3 Å². The molecule has 0 fully saturated rings. The maximum Gasteiger partial charge on any atom is 0.358 e. The lowest BCUT2D eigenvalue weighted by Crippen LogP contribution is -2.22. The SMILES string of the molecule is COC(=O)c1nc(N(C)CC(C)C)sc1C(C)=O. The Morgan fingerprint density at radius 2 is 2.06 bits per heavy atom. The van der Waals surface area contributed by atoms with Gasteiger partial charge < -0.3 is 9.64 Å². The van der Waals surface area contributed by atoms with Crippen molar-refractivity contribution in [2.75, 3.05) is 25.6 Å². The number of rotatable bonds is 5. The van der Waals surface area contributed by atoms with Gasteiger partial charge in [0.15, 0.2) is 16.6 Å². The van der Waals surface area contributed by atoms with E-state index in [0.717, 1.165) is 6.54 Å². The van der Waals surface area contributed by atoms with Gasteiger partial charge in [-0.15, -0.1) is 0 Å². The van der Waals surface area contributed by atoms with E-state index in [-0.39, 0.29) is 11.5 Å². The minimum atomic E-state index is -0.569. The van der Waals surface area contributed by atoms with Crippen molar-refractivity contribution in [1.29, 1.82) is 0 Å². The van der Waals surface area contributed by atoms with Gasteiger partial charge in [-0.1, -0.05) is 25.2 Å². The molecule has 0 atom stereocenters. The summed E-state index contributed by atoms with van der Waals surface area (Å²) in [6.45, 7) is 6.42. The van der Waals surface area contributed by atoms with Crippen LogP contribution < -0.4 is 4.90 Å². The van der Waals surface area contributed by atoms with Crippen molar-refractivity contribution < 1.29 is 14.3 Å². The van der Waals surface area contributed by atoms with Crippen molar-refractivity contribution in [2.24, 2.45) is 5.92 Å². The van der Waals surface area contributed by atoms with E-state index >= 15 is 0 Å². The summed E-state index contributed by atoms with van der Waals surface area (Å²) in [5.41, 5.74) is 0.112. The third-order valence-electron chi connectivity index (χ3n) is 2.28. The number of methoxy groups -OCH3 is 1. The lowest BCUT2D eigenvalue weighted by molar-refractivity contribution is 0.0591. The van der Waals surface area contributed by atoms with Crippen LogP contribution in [0, 0.1) is 5.92 Å². The lowest BCUT2D eigenvalue weighted by Gasteiger charge is -2.17. The fraction of sp³-hybridized carbons (Fsp3) is 0.583. The summed E-state index contributed by atoms with van der Waals surface area (Å²) in [6.07, 6.45) is 0. The molecule has 0 aliphatic heterocycles. The number of Topliss-reactive ketones (excluding diaryl/α,β-unsaturated/α-hetero) is 1. The van der Waals surface area contributed by atoms with Crippen LogP contribution in [0.2, 0.25) is 0 Å². The number of thiazole rings is 1. The second kappa shape index (κ2) is 5.95. The lowest BCUT2D eigenvalue weighted by atomic mass is 10.2. The van der Waals surface area contributed by atoms with Crippen LogP contribution in [-0.4, -0.2) is 37.4 Å². The molecule has 100 valence electrons. The number of esters is 1. The minimum Gasteiger partial charge on any atom is -0.464 e. The van der Waals surface area contributed by atoms with Crippen molar-refractivity contribution in [1.82, 2.24) is 4.98 Å². The highest BCUT2D eigenvalue weighted by molar-refractivity contribution is 7.17. The smallest absolute Gasteiger partial charge is 0.358 e. The monoisotopic (exact) mass is 270 g/mol. The number of carbonyl (C=O) groups is 2. The van der Waals surface area contributed by atoms with Crippen LogP contribution in [0.25, 0.3) is 0 Å². The molecule has 0 aromatic carbocycles. The van der Waals surface area contributed by atoms with E-state index < -0.39 is 5.97 Å². The molecule has 0 radical (unpaired) electrons. The molecule has 0 bridgehead atoms. The van der Waals surface area contributed by atoms with Crippen LogP contribution in [0.15, 0.2) is 0 Å². The van der Waals surface area contributed by atoms with E-state index in [1.807, 2.05) is 11.9 Å². The Labute approximate surface area is 111 Å². The van der Waals surface area contributed by atoms with Crippen LogP contribution in [0.4, 0.5) is 5.13 Å². The molecule has 0 saturated heterocycles. The Hall–Kier alpha value is -1.43. The van der Waals surface area contributed by atoms with E-state index in [2.05, 4.69) is 23.6 Å². The Balaban J connectivity index is 3.09. The molecular weight excluding hydrogens is 252 g/mol. The second-order valence-electron chi connectivity index (χ2n) is 4.50. The van der Waals surface area contributed by atoms with Crippen molar-refractivity contribution >= 4 is 28.2 Å². The molecule has 0 N–H and O–H groups in total. The highest BCUT2D eigenvalue weighted by Crippen LogP contribution is 2.27. The van der Waals surface area contributed by atoms with Crippen LogP contribution in [0.5, 0.6) is 0 Å². The molecule has 0 unspecified atom stereocenters. The average molecular weight is 270 g/mol. The molecule has 5 nitrogen and oxygen atoms in total. The molecule has 0 aliphatic rings. The maximum absolute atomic E-state index is 11.5. The summed E-state index contributed by atoms with van der Waals surface area (Å²) in [5.74, 6) is -0.265. The predicted molar refractivity (Wildman–Crippen MR) is 71.6 cm³/mol. The Morgan fingerprint density at radius 3 is 2.50 bits per heavy atom. The first-order chi connectivity index (χ1) is 8.36. The zero-order chi connectivity index (χ0) is 13.9. The Kier molecular flexibility index (Phi) is 4.84. The standard InChI is InChI=1S/C12H18N2O3S/c1-7(2)6-14(4)12-13-9(11(16)17-5)10(18-12)8(3)15/h7H,6H2,1-5H3. The zero-order valence-electron chi connectivity index (χ0n) is 11.3. The summed E-state index contributed by atoms with van der Waals surface area (Å²) < 4.78 is 4.64. The summed E-state index contributed by atoms with van der Waals surface area (Å²) in [7, 11) is 3.17. The van der Waals surface area contributed by atoms with Gasteiger partial charge in [-0.2, -0.15) is 0 Å². The molecular formula is C12H18N2O3S. The average Bonchev–Trinajstić information content (AvgIpc) is 2.71. The quantitative estimate of drug-likeness (QED) is 0.606. The molecule has 1 heterocycles. The first-order valence-electron chi connectivity index (χ1n) is 5.68. The van der Waals surface area contributed by atoms with E-state index in [1.54, 1.807) is 0 Å². The highest BCUT2D eigenvalue weighted by Gasteiger charge is 2.23. The van der Waals surface area contributed by atoms with Gasteiger partial charge in [-0.25, -0.2) is 9.78 Å². The number of ketones is 1. The zero-order valence-corrected chi connectivity index (χ0v) is 12.1. The fourth-order valence-corrected chi connectivity index (χ4v) is 2.49. The van der Waals surface area contributed by atoms with Gasteiger partial charge in [-0.3, -0.25) is 4.79 Å². The van der Waals surface area contributed by atoms with Gasteiger partial charge in [0.25, 0.3) is 0 Å². The molecule has 0 saturated carbocycles. The summed E-state index contributed by atoms with van der Waals surface area (Å²) in [5, 5.41) is 0.661. The van der Waals surface area contributed by atoms with Crippen LogP contribution in [0.3, 0.4) is 0 Å². The maximum atomic E-state index is 11.5. The first-order valence-corrected chi connectivity index (χ1v) is 6.49. The van der Waals surface area contributed by atoms with E-state index in [9.17, 15) is 9.59 Å². The van der Waals surface area contributed by atoms with Gasteiger partial charge in [0, 0.05) is 20.5 Å². The number of ether oxygens (including phenoxy) is 1. The van der Waals surface area contributed by atoms with Crippen molar-refractivity contribution in [2.45, 2.75) is 20.8 Å². The first kappa shape index (κ1) is 14.6. The number of carbonyl (C=O) groups excluding carboxylic acids is 2. The molecule has 0 amide bonds. The summed E-state index contributed by atoms with van der Waals surface area (Å²) in [4.78, 5) is 29.5. The Morgan fingerprint density at radius 1 is 1.44 bits per heavy atom. The molecule has 1 aromatic rings. The fourth-order valence-electron chi connectivity index (χ4n) is 1.57. The van der Waals surface area contributed by atoms with Crippen LogP contribution in [-0.2, 0) is 4.74 Å².